The van der Waals surface area contributed by atoms with Crippen LogP contribution in [0.15, 0.2) is 22.7 Å². The van der Waals surface area contributed by atoms with E-state index >= 15 is 0 Å². The van der Waals surface area contributed by atoms with Crippen molar-refractivity contribution < 1.29 is 4.52 Å². The van der Waals surface area contributed by atoms with E-state index < -0.39 is 0 Å². The number of nitrogens with zero attached hydrogens (tertiary/aromatic N) is 2. The van der Waals surface area contributed by atoms with Crippen LogP contribution in [0, 0.1) is 20.8 Å². The summed E-state index contributed by atoms with van der Waals surface area (Å²) in [6, 6.07) is 6.09. The summed E-state index contributed by atoms with van der Waals surface area (Å²) < 4.78 is 4.95. The van der Waals surface area contributed by atoms with Crippen LogP contribution < -0.4 is 0 Å². The van der Waals surface area contributed by atoms with E-state index in [9.17, 15) is 0 Å². The molecule has 0 amide bonds. The first-order valence-corrected chi connectivity index (χ1v) is 4.55. The molecule has 0 aliphatic carbocycles. The van der Waals surface area contributed by atoms with Crippen LogP contribution in [0.3, 0.4) is 0 Å². The lowest BCUT2D eigenvalue weighted by Crippen LogP contribution is -1.88. The van der Waals surface area contributed by atoms with Gasteiger partial charge in [0.25, 0.3) is 0 Å². The quantitative estimate of drug-likeness (QED) is 0.690. The fraction of sp³-hybridized carbons (Fsp3) is 0.273. The molecule has 3 heteroatoms. The van der Waals surface area contributed by atoms with Gasteiger partial charge in [0.1, 0.15) is 0 Å². The Morgan fingerprint density at radius 3 is 2.57 bits per heavy atom. The van der Waals surface area contributed by atoms with E-state index in [4.69, 9.17) is 4.52 Å². The van der Waals surface area contributed by atoms with Crippen molar-refractivity contribution in [3.8, 4) is 11.4 Å². The second-order valence-corrected chi connectivity index (χ2v) is 3.38. The van der Waals surface area contributed by atoms with Gasteiger partial charge in [-0.2, -0.15) is 4.98 Å². The topological polar surface area (TPSA) is 38.9 Å². The number of benzene rings is 1. The van der Waals surface area contributed by atoms with Crippen LogP contribution in [-0.4, -0.2) is 10.1 Å². The average Bonchev–Trinajstić information content (AvgIpc) is 2.57. The Morgan fingerprint density at radius 1 is 1.14 bits per heavy atom. The molecule has 0 bridgehead atoms. The first-order valence-electron chi connectivity index (χ1n) is 4.55. The van der Waals surface area contributed by atoms with Crippen LogP contribution in [0.4, 0.5) is 0 Å². The molecule has 0 saturated heterocycles. The molecule has 0 radical (unpaired) electrons. The summed E-state index contributed by atoms with van der Waals surface area (Å²) in [5, 5.41) is 3.90. The summed E-state index contributed by atoms with van der Waals surface area (Å²) in [5.41, 5.74) is 3.49. The normalized spacial score (nSPS) is 10.5. The van der Waals surface area contributed by atoms with Gasteiger partial charge in [0.2, 0.25) is 11.7 Å². The molecule has 1 heterocycles. The smallest absolute Gasteiger partial charge is 0.223 e. The highest BCUT2D eigenvalue weighted by molar-refractivity contribution is 5.61. The predicted octanol–water partition coefficient (Wildman–Crippen LogP) is 2.66. The van der Waals surface area contributed by atoms with Crippen LogP contribution >= 0.6 is 0 Å². The lowest BCUT2D eigenvalue weighted by molar-refractivity contribution is 0.394. The Morgan fingerprint density at radius 2 is 1.93 bits per heavy atom. The lowest BCUT2D eigenvalue weighted by atomic mass is 10.0. The fourth-order valence-electron chi connectivity index (χ4n) is 1.40. The highest BCUT2D eigenvalue weighted by Gasteiger charge is 2.08. The van der Waals surface area contributed by atoms with Gasteiger partial charge in [-0.25, -0.2) is 0 Å². The zero-order chi connectivity index (χ0) is 10.1. The minimum Gasteiger partial charge on any atom is -0.339 e. The molecule has 0 aliphatic heterocycles. The molecular formula is C11H12N2O. The Labute approximate surface area is 82.8 Å². The number of aryl methyl sites for hydroxylation is 2. The van der Waals surface area contributed by atoms with E-state index in [1.54, 1.807) is 6.92 Å². The van der Waals surface area contributed by atoms with Crippen LogP contribution in [-0.2, 0) is 0 Å². The SMILES string of the molecule is Cc1nc(-c2cccc(C)c2C)no1. The van der Waals surface area contributed by atoms with Crippen molar-refractivity contribution in [2.75, 3.05) is 0 Å². The second-order valence-electron chi connectivity index (χ2n) is 3.38. The molecule has 2 aromatic rings. The zero-order valence-corrected chi connectivity index (χ0v) is 8.53. The molecule has 14 heavy (non-hydrogen) atoms. The first-order chi connectivity index (χ1) is 6.68. The predicted molar refractivity (Wildman–Crippen MR) is 53.9 cm³/mol. The van der Waals surface area contributed by atoms with Gasteiger partial charge in [-0.1, -0.05) is 23.4 Å². The van der Waals surface area contributed by atoms with Gasteiger partial charge in [-0.3, -0.25) is 0 Å². The summed E-state index contributed by atoms with van der Waals surface area (Å²) in [5.74, 6) is 1.27. The highest BCUT2D eigenvalue weighted by Crippen LogP contribution is 2.22. The monoisotopic (exact) mass is 188 g/mol. The van der Waals surface area contributed by atoms with Crippen LogP contribution in [0.25, 0.3) is 11.4 Å². The van der Waals surface area contributed by atoms with Crippen molar-refractivity contribution in [3.63, 3.8) is 0 Å². The average molecular weight is 188 g/mol. The molecule has 0 saturated carbocycles. The van der Waals surface area contributed by atoms with E-state index in [2.05, 4.69) is 30.1 Å². The van der Waals surface area contributed by atoms with E-state index in [0.29, 0.717) is 11.7 Å². The maximum atomic E-state index is 4.95. The highest BCUT2D eigenvalue weighted by atomic mass is 16.5. The second kappa shape index (κ2) is 3.25. The van der Waals surface area contributed by atoms with Gasteiger partial charge in [-0.15, -0.1) is 0 Å². The molecule has 72 valence electrons. The van der Waals surface area contributed by atoms with Gasteiger partial charge in [0.15, 0.2) is 0 Å². The van der Waals surface area contributed by atoms with E-state index in [-0.39, 0.29) is 0 Å². The Bertz CT molecular complexity index is 460. The van der Waals surface area contributed by atoms with Crippen molar-refractivity contribution in [1.29, 1.82) is 0 Å². The van der Waals surface area contributed by atoms with E-state index in [0.717, 1.165) is 5.56 Å². The van der Waals surface area contributed by atoms with Crippen molar-refractivity contribution in [1.82, 2.24) is 10.1 Å². The maximum absolute atomic E-state index is 4.95. The molecular weight excluding hydrogens is 176 g/mol. The molecule has 0 aliphatic rings. The minimum absolute atomic E-state index is 0.598. The standard InChI is InChI=1S/C11H12N2O/c1-7-5-4-6-10(8(7)2)11-12-9(3)14-13-11/h4-6H,1-3H3. The van der Waals surface area contributed by atoms with E-state index in [1.807, 2.05) is 12.1 Å². The number of hydrogen-bond acceptors (Lipinski definition) is 3. The van der Waals surface area contributed by atoms with Crippen molar-refractivity contribution >= 4 is 0 Å². The van der Waals surface area contributed by atoms with Crippen LogP contribution in [0.2, 0.25) is 0 Å². The summed E-state index contributed by atoms with van der Waals surface area (Å²) in [6.07, 6.45) is 0. The summed E-state index contributed by atoms with van der Waals surface area (Å²) in [7, 11) is 0. The molecule has 1 aromatic heterocycles. The third-order valence-corrected chi connectivity index (χ3v) is 2.37. The van der Waals surface area contributed by atoms with Crippen LogP contribution in [0.1, 0.15) is 17.0 Å². The summed E-state index contributed by atoms with van der Waals surface area (Å²) in [6.45, 7) is 5.93. The van der Waals surface area contributed by atoms with Gasteiger partial charge in [0.05, 0.1) is 0 Å². The summed E-state index contributed by atoms with van der Waals surface area (Å²) in [4.78, 5) is 4.21. The lowest BCUT2D eigenvalue weighted by Gasteiger charge is -2.03. The first kappa shape index (κ1) is 8.94. The van der Waals surface area contributed by atoms with Gasteiger partial charge < -0.3 is 4.52 Å². The molecule has 1 aromatic carbocycles. The van der Waals surface area contributed by atoms with E-state index in [1.165, 1.54) is 11.1 Å². The largest absolute Gasteiger partial charge is 0.339 e. The zero-order valence-electron chi connectivity index (χ0n) is 8.53. The third-order valence-electron chi connectivity index (χ3n) is 2.37. The number of aromatic nitrogens is 2. The molecule has 0 atom stereocenters. The molecule has 0 spiro atoms. The number of hydrogen-bond donors (Lipinski definition) is 0. The Balaban J connectivity index is 2.57. The molecule has 0 unspecified atom stereocenters. The Kier molecular flexibility index (Phi) is 2.08. The van der Waals surface area contributed by atoms with Crippen LogP contribution in [0.5, 0.6) is 0 Å². The molecule has 0 N–H and O–H groups in total. The molecule has 0 fully saturated rings. The van der Waals surface area contributed by atoms with Crippen molar-refractivity contribution in [2.45, 2.75) is 20.8 Å². The van der Waals surface area contributed by atoms with Gasteiger partial charge >= 0.3 is 0 Å². The number of rotatable bonds is 1. The minimum atomic E-state index is 0.598. The Hall–Kier alpha value is -1.64. The summed E-state index contributed by atoms with van der Waals surface area (Å²) >= 11 is 0. The molecule has 2 rings (SSSR count). The van der Waals surface area contributed by atoms with Crippen molar-refractivity contribution in [2.24, 2.45) is 0 Å². The third kappa shape index (κ3) is 1.41. The maximum Gasteiger partial charge on any atom is 0.223 e. The molecule has 3 nitrogen and oxygen atoms in total. The van der Waals surface area contributed by atoms with Gasteiger partial charge in [0, 0.05) is 12.5 Å². The fourth-order valence-corrected chi connectivity index (χ4v) is 1.40. The van der Waals surface area contributed by atoms with Gasteiger partial charge in [-0.05, 0) is 25.0 Å². The van der Waals surface area contributed by atoms with Crippen molar-refractivity contribution in [3.05, 3.63) is 35.2 Å².